The van der Waals surface area contributed by atoms with Crippen LogP contribution in [0.2, 0.25) is 0 Å². The Kier molecular flexibility index (Phi) is 5.40. The first-order chi connectivity index (χ1) is 8.34. The molecule has 106 valence electrons. The summed E-state index contributed by atoms with van der Waals surface area (Å²) in [5.41, 5.74) is 0. The SMILES string of the molecule is CCOC(=O)C1CCN(CC(O)C(F)(F)F)CC1. The summed E-state index contributed by atoms with van der Waals surface area (Å²) >= 11 is 0. The van der Waals surface area contributed by atoms with Crippen LogP contribution in [-0.2, 0) is 9.53 Å². The van der Waals surface area contributed by atoms with E-state index >= 15 is 0 Å². The third kappa shape index (κ3) is 4.45. The van der Waals surface area contributed by atoms with Crippen LogP contribution in [0.25, 0.3) is 0 Å². The number of likely N-dealkylation sites (tertiary alicyclic amines) is 1. The van der Waals surface area contributed by atoms with Gasteiger partial charge in [-0.3, -0.25) is 4.79 Å². The number of hydrogen-bond acceptors (Lipinski definition) is 4. The van der Waals surface area contributed by atoms with Gasteiger partial charge in [-0.05, 0) is 32.9 Å². The number of aliphatic hydroxyl groups excluding tert-OH is 1. The van der Waals surface area contributed by atoms with E-state index in [9.17, 15) is 18.0 Å². The van der Waals surface area contributed by atoms with Gasteiger partial charge in [0, 0.05) is 6.54 Å². The topological polar surface area (TPSA) is 49.8 Å². The molecule has 1 unspecified atom stereocenters. The fourth-order valence-corrected chi connectivity index (χ4v) is 1.96. The number of aliphatic hydroxyl groups is 1. The quantitative estimate of drug-likeness (QED) is 0.779. The second kappa shape index (κ2) is 6.38. The zero-order valence-electron chi connectivity index (χ0n) is 10.2. The van der Waals surface area contributed by atoms with Crippen molar-refractivity contribution in [3.05, 3.63) is 0 Å². The molecule has 1 fully saturated rings. The number of rotatable bonds is 4. The van der Waals surface area contributed by atoms with Gasteiger partial charge in [0.05, 0.1) is 12.5 Å². The van der Waals surface area contributed by atoms with Crippen molar-refractivity contribution in [2.24, 2.45) is 5.92 Å². The van der Waals surface area contributed by atoms with E-state index in [1.54, 1.807) is 6.92 Å². The van der Waals surface area contributed by atoms with Gasteiger partial charge in [0.1, 0.15) is 0 Å². The van der Waals surface area contributed by atoms with Crippen molar-refractivity contribution in [1.82, 2.24) is 4.90 Å². The zero-order chi connectivity index (χ0) is 13.8. The third-order valence-corrected chi connectivity index (χ3v) is 3.02. The molecule has 0 aromatic carbocycles. The molecule has 1 atom stereocenters. The minimum atomic E-state index is -4.59. The predicted octanol–water partition coefficient (Wildman–Crippen LogP) is 1.18. The summed E-state index contributed by atoms with van der Waals surface area (Å²) in [4.78, 5) is 12.9. The van der Waals surface area contributed by atoms with Crippen LogP contribution in [0.4, 0.5) is 13.2 Å². The van der Waals surface area contributed by atoms with Gasteiger partial charge in [0.15, 0.2) is 6.10 Å². The smallest absolute Gasteiger partial charge is 0.415 e. The molecule has 1 N–H and O–H groups in total. The molecule has 0 bridgehead atoms. The van der Waals surface area contributed by atoms with Gasteiger partial charge in [0.2, 0.25) is 0 Å². The molecule has 7 heteroatoms. The summed E-state index contributed by atoms with van der Waals surface area (Å²) in [7, 11) is 0. The summed E-state index contributed by atoms with van der Waals surface area (Å²) < 4.78 is 41.3. The normalized spacial score (nSPS) is 20.7. The van der Waals surface area contributed by atoms with Crippen molar-refractivity contribution in [2.45, 2.75) is 32.0 Å². The lowest BCUT2D eigenvalue weighted by atomic mass is 9.97. The summed E-state index contributed by atoms with van der Waals surface area (Å²) in [6, 6.07) is 0. The molecule has 0 aliphatic carbocycles. The fourth-order valence-electron chi connectivity index (χ4n) is 1.96. The third-order valence-electron chi connectivity index (χ3n) is 3.02. The number of carbonyl (C=O) groups excluding carboxylic acids is 1. The lowest BCUT2D eigenvalue weighted by molar-refractivity contribution is -0.209. The van der Waals surface area contributed by atoms with Crippen LogP contribution in [-0.4, -0.2) is 54.5 Å². The number of alkyl halides is 3. The summed E-state index contributed by atoms with van der Waals surface area (Å²) in [6.07, 6.45) is -5.96. The van der Waals surface area contributed by atoms with Gasteiger partial charge in [-0.2, -0.15) is 13.2 Å². The van der Waals surface area contributed by atoms with E-state index in [1.165, 1.54) is 4.90 Å². The van der Waals surface area contributed by atoms with E-state index < -0.39 is 18.8 Å². The number of piperidine rings is 1. The van der Waals surface area contributed by atoms with E-state index in [4.69, 9.17) is 9.84 Å². The van der Waals surface area contributed by atoms with Crippen molar-refractivity contribution < 1.29 is 27.8 Å². The second-order valence-electron chi connectivity index (χ2n) is 4.38. The van der Waals surface area contributed by atoms with E-state index in [-0.39, 0.29) is 11.9 Å². The first-order valence-corrected chi connectivity index (χ1v) is 5.98. The molecule has 0 aromatic heterocycles. The predicted molar refractivity (Wildman–Crippen MR) is 57.9 cm³/mol. The Labute approximate surface area is 104 Å². The van der Waals surface area contributed by atoms with Gasteiger partial charge in [-0.15, -0.1) is 0 Å². The Balaban J connectivity index is 2.33. The largest absolute Gasteiger partial charge is 0.466 e. The van der Waals surface area contributed by atoms with Gasteiger partial charge >= 0.3 is 12.1 Å². The Morgan fingerprint density at radius 3 is 2.44 bits per heavy atom. The van der Waals surface area contributed by atoms with Crippen molar-refractivity contribution in [3.8, 4) is 0 Å². The number of β-amino-alcohol motifs (C(OH)–C–C–N with tert-alkyl or cyclic N) is 1. The maximum atomic E-state index is 12.2. The van der Waals surface area contributed by atoms with Crippen LogP contribution in [0.5, 0.6) is 0 Å². The van der Waals surface area contributed by atoms with Crippen LogP contribution in [0.1, 0.15) is 19.8 Å². The van der Waals surface area contributed by atoms with Crippen LogP contribution >= 0.6 is 0 Å². The molecule has 0 saturated carbocycles. The highest BCUT2D eigenvalue weighted by molar-refractivity contribution is 5.72. The van der Waals surface area contributed by atoms with Crippen LogP contribution in [0, 0.1) is 5.92 Å². The molecule has 1 saturated heterocycles. The highest BCUT2D eigenvalue weighted by atomic mass is 19.4. The minimum Gasteiger partial charge on any atom is -0.466 e. The van der Waals surface area contributed by atoms with Crippen LogP contribution < -0.4 is 0 Å². The average Bonchev–Trinajstić information content (AvgIpc) is 2.29. The molecular formula is C11H18F3NO3. The number of halogens is 3. The van der Waals surface area contributed by atoms with Gasteiger partial charge in [0.25, 0.3) is 0 Å². The summed E-state index contributed by atoms with van der Waals surface area (Å²) in [6.45, 7) is 2.34. The maximum absolute atomic E-state index is 12.2. The standard InChI is InChI=1S/C11H18F3NO3/c1-2-18-10(17)8-3-5-15(6-4-8)7-9(16)11(12,13)14/h8-9,16H,2-7H2,1H3. The zero-order valence-corrected chi connectivity index (χ0v) is 10.2. The van der Waals surface area contributed by atoms with Crippen molar-refractivity contribution in [2.75, 3.05) is 26.2 Å². The number of carbonyl (C=O) groups is 1. The highest BCUT2D eigenvalue weighted by Gasteiger charge is 2.39. The Morgan fingerprint density at radius 2 is 2.00 bits per heavy atom. The maximum Gasteiger partial charge on any atom is 0.415 e. The fraction of sp³-hybridized carbons (Fsp3) is 0.909. The summed E-state index contributed by atoms with van der Waals surface area (Å²) in [5, 5.41) is 8.94. The minimum absolute atomic E-state index is 0.232. The van der Waals surface area contributed by atoms with Gasteiger partial charge in [-0.25, -0.2) is 0 Å². The Morgan fingerprint density at radius 1 is 1.44 bits per heavy atom. The number of nitrogens with zero attached hydrogens (tertiary/aromatic N) is 1. The Hall–Kier alpha value is -0.820. The molecular weight excluding hydrogens is 251 g/mol. The van der Waals surface area contributed by atoms with Crippen molar-refractivity contribution in [3.63, 3.8) is 0 Å². The molecule has 1 aliphatic rings. The van der Waals surface area contributed by atoms with Crippen molar-refractivity contribution in [1.29, 1.82) is 0 Å². The molecule has 1 aliphatic heterocycles. The number of hydrogen-bond donors (Lipinski definition) is 1. The lowest BCUT2D eigenvalue weighted by Gasteiger charge is -2.32. The van der Waals surface area contributed by atoms with E-state index in [1.807, 2.05) is 0 Å². The molecule has 0 amide bonds. The Bertz CT molecular complexity index is 275. The summed E-state index contributed by atoms with van der Waals surface area (Å²) in [5.74, 6) is -0.516. The second-order valence-corrected chi connectivity index (χ2v) is 4.38. The van der Waals surface area contributed by atoms with E-state index in [2.05, 4.69) is 0 Å². The van der Waals surface area contributed by atoms with Gasteiger partial charge < -0.3 is 14.7 Å². The van der Waals surface area contributed by atoms with E-state index in [0.29, 0.717) is 32.5 Å². The van der Waals surface area contributed by atoms with Crippen molar-refractivity contribution >= 4 is 5.97 Å². The monoisotopic (exact) mass is 269 g/mol. The molecule has 1 rings (SSSR count). The first-order valence-electron chi connectivity index (χ1n) is 5.98. The van der Waals surface area contributed by atoms with Gasteiger partial charge in [-0.1, -0.05) is 0 Å². The molecule has 0 radical (unpaired) electrons. The van der Waals surface area contributed by atoms with Crippen LogP contribution in [0.3, 0.4) is 0 Å². The number of ether oxygens (including phenoxy) is 1. The molecule has 18 heavy (non-hydrogen) atoms. The highest BCUT2D eigenvalue weighted by Crippen LogP contribution is 2.23. The molecule has 1 heterocycles. The molecule has 4 nitrogen and oxygen atoms in total. The lowest BCUT2D eigenvalue weighted by Crippen LogP contribution is -2.45. The number of esters is 1. The first kappa shape index (κ1) is 15.2. The van der Waals surface area contributed by atoms with Crippen LogP contribution in [0.15, 0.2) is 0 Å². The average molecular weight is 269 g/mol. The molecule has 0 aromatic rings. The molecule has 0 spiro atoms. The van der Waals surface area contributed by atoms with E-state index in [0.717, 1.165) is 0 Å².